The maximum absolute atomic E-state index is 5.85. The zero-order valence-electron chi connectivity index (χ0n) is 42.5. The van der Waals surface area contributed by atoms with Crippen molar-refractivity contribution in [3.63, 3.8) is 0 Å². The fraction of sp³-hybridized carbons (Fsp3) is 0.745. The van der Waals surface area contributed by atoms with Gasteiger partial charge in [-0.25, -0.2) is 0 Å². The molecule has 1 aliphatic carbocycles. The summed E-state index contributed by atoms with van der Waals surface area (Å²) in [6, 6.07) is 9.83. The minimum atomic E-state index is -0.625. The molecular weight excluding hydrogens is 755 g/mol. The molecule has 2 unspecified atom stereocenters. The molecule has 3 atom stereocenters. The summed E-state index contributed by atoms with van der Waals surface area (Å²) in [7, 11) is 2.73. The first kappa shape index (κ1) is 57.5. The Morgan fingerprint density at radius 3 is 1.14 bits per heavy atom. The summed E-state index contributed by atoms with van der Waals surface area (Å²) in [4.78, 5) is 0. The lowest BCUT2D eigenvalue weighted by atomic mass is 9.89. The van der Waals surface area contributed by atoms with Gasteiger partial charge in [0, 0.05) is 0 Å². The first-order valence-corrected chi connectivity index (χ1v) is 26.8. The van der Waals surface area contributed by atoms with E-state index in [0.717, 1.165) is 11.5 Å². The second kappa shape index (κ2) is 30.5. The number of methoxy groups -OCH3 is 2. The van der Waals surface area contributed by atoms with Crippen molar-refractivity contribution in [2.45, 2.75) is 242 Å². The Bertz CT molecular complexity index is 1270. The smallest absolute Gasteiger partial charge is 0.124 e. The maximum atomic E-state index is 5.85. The second-order valence-corrected chi connectivity index (χ2v) is 26.6. The Hall–Kier alpha value is -1.54. The van der Waals surface area contributed by atoms with Crippen LogP contribution in [0, 0.1) is 52.4 Å². The summed E-state index contributed by atoms with van der Waals surface area (Å²) in [6.07, 6.45) is 32.0. The number of rotatable bonds is 18. The predicted octanol–water partition coefficient (Wildman–Crippen LogP) is 17.4. The zero-order chi connectivity index (χ0) is 45.3. The molecule has 59 heavy (non-hydrogen) atoms. The van der Waals surface area contributed by atoms with Crippen molar-refractivity contribution in [2.24, 2.45) is 11.8 Å². The van der Waals surface area contributed by atoms with Crippen LogP contribution >= 0.6 is 15.8 Å². The van der Waals surface area contributed by atoms with Gasteiger partial charge in [0.2, 0.25) is 0 Å². The Balaban J connectivity index is 0.00000163. The van der Waals surface area contributed by atoms with Crippen LogP contribution in [0.15, 0.2) is 24.3 Å². The highest BCUT2D eigenvalue weighted by Crippen LogP contribution is 2.66. The van der Waals surface area contributed by atoms with Crippen molar-refractivity contribution in [1.82, 2.24) is 0 Å². The van der Waals surface area contributed by atoms with E-state index in [0.29, 0.717) is 33.5 Å². The molecule has 0 amide bonds. The summed E-state index contributed by atoms with van der Waals surface area (Å²) in [5, 5.41) is 3.59. The van der Waals surface area contributed by atoms with Gasteiger partial charge in [0.05, 0.1) is 14.2 Å². The Labute approximate surface area is 372 Å². The molecule has 1 saturated carbocycles. The van der Waals surface area contributed by atoms with Gasteiger partial charge in [-0.1, -0.05) is 187 Å². The molecule has 0 aliphatic heterocycles. The van der Waals surface area contributed by atoms with E-state index in [4.69, 9.17) is 9.47 Å². The standard InChI is InChI=1S/C38H64O2P2.C8H18.C7H14.C2H2/c1-17-18-19-34(33(20-25(2)3)30(8)42(37(9,10)11)38(12,13)14)41(31-21-26(4)35(39-15)27(5)22-31)32-23-28(6)36(40-16)29(7)24-32;1-3-5-7-8-6-4-2;1-2-4-6-7-5-3-1;1-2/h21-25,30,33-34H,17-20H2,1-16H3;3-8H2,1-2H3;1-7H2;1-2H/t30-,33?,34?;;;/m1.../s1. The molecule has 340 valence electrons. The first-order chi connectivity index (χ1) is 27.8. The summed E-state index contributed by atoms with van der Waals surface area (Å²) in [5.74, 6) is 3.36. The topological polar surface area (TPSA) is 18.5 Å². The second-order valence-electron chi connectivity index (χ2n) is 19.9. The van der Waals surface area contributed by atoms with Gasteiger partial charge in [0.15, 0.2) is 0 Å². The molecule has 0 heterocycles. The highest BCUT2D eigenvalue weighted by molar-refractivity contribution is 7.73. The summed E-state index contributed by atoms with van der Waals surface area (Å²) in [6.45, 7) is 38.3. The van der Waals surface area contributed by atoms with E-state index in [2.05, 4.69) is 148 Å². The number of hydrogen-bond acceptors (Lipinski definition) is 2. The van der Waals surface area contributed by atoms with Crippen molar-refractivity contribution in [3.8, 4) is 24.3 Å². The van der Waals surface area contributed by atoms with Gasteiger partial charge in [-0.2, -0.15) is 0 Å². The predicted molar refractivity (Wildman–Crippen MR) is 275 cm³/mol. The van der Waals surface area contributed by atoms with Crippen molar-refractivity contribution in [3.05, 3.63) is 46.5 Å². The van der Waals surface area contributed by atoms with Crippen molar-refractivity contribution in [1.29, 1.82) is 0 Å². The van der Waals surface area contributed by atoms with Gasteiger partial charge in [0.25, 0.3) is 0 Å². The Kier molecular flexibility index (Phi) is 29.7. The van der Waals surface area contributed by atoms with Crippen LogP contribution in [0.5, 0.6) is 11.5 Å². The maximum Gasteiger partial charge on any atom is 0.124 e. The molecule has 1 fully saturated rings. The molecule has 0 saturated heterocycles. The van der Waals surface area contributed by atoms with Crippen LogP contribution in [0.3, 0.4) is 0 Å². The van der Waals surface area contributed by atoms with E-state index in [1.165, 1.54) is 142 Å². The fourth-order valence-corrected chi connectivity index (χ4v) is 18.9. The monoisotopic (exact) mass is 853 g/mol. The lowest BCUT2D eigenvalue weighted by molar-refractivity contribution is 0.371. The van der Waals surface area contributed by atoms with Gasteiger partial charge in [0.1, 0.15) is 11.5 Å². The van der Waals surface area contributed by atoms with E-state index in [-0.39, 0.29) is 7.92 Å². The summed E-state index contributed by atoms with van der Waals surface area (Å²) in [5.41, 5.74) is 6.25. The summed E-state index contributed by atoms with van der Waals surface area (Å²) < 4.78 is 11.7. The third-order valence-corrected chi connectivity index (χ3v) is 19.0. The molecule has 4 heteroatoms. The van der Waals surface area contributed by atoms with Gasteiger partial charge < -0.3 is 9.47 Å². The van der Waals surface area contributed by atoms with Crippen LogP contribution in [0.25, 0.3) is 0 Å². The number of hydrogen-bond donors (Lipinski definition) is 0. The normalized spacial score (nSPS) is 14.8. The average Bonchev–Trinajstić information content (AvgIpc) is 3.48. The quantitative estimate of drug-likeness (QED) is 0.0644. The molecule has 0 bridgehead atoms. The number of aryl methyl sites for hydroxylation is 4. The van der Waals surface area contributed by atoms with Crippen molar-refractivity contribution < 1.29 is 9.47 Å². The van der Waals surface area contributed by atoms with Crippen LogP contribution in [-0.2, 0) is 0 Å². The zero-order valence-corrected chi connectivity index (χ0v) is 44.3. The number of ether oxygens (including phenoxy) is 2. The molecule has 1 aliphatic rings. The largest absolute Gasteiger partial charge is 0.496 e. The third kappa shape index (κ3) is 20.5. The fourth-order valence-electron chi connectivity index (χ4n) is 9.99. The van der Waals surface area contributed by atoms with E-state index in [1.54, 1.807) is 14.2 Å². The van der Waals surface area contributed by atoms with E-state index in [9.17, 15) is 0 Å². The van der Waals surface area contributed by atoms with Gasteiger partial charge in [-0.05, 0) is 139 Å². The highest BCUT2D eigenvalue weighted by Gasteiger charge is 2.45. The third-order valence-electron chi connectivity index (χ3n) is 12.0. The molecule has 0 spiro atoms. The van der Waals surface area contributed by atoms with Crippen LogP contribution < -0.4 is 20.1 Å². The molecule has 0 aromatic heterocycles. The number of benzene rings is 2. The SMILES string of the molecule is C#C.C1CCCCCC1.CCCCC(C(CC(C)C)[C@@H](C)P(C(C)(C)C)C(C)(C)C)P(c1cc(C)c(OC)c(C)c1)c1cc(C)c(OC)c(C)c1.CCCCCCCC. The van der Waals surface area contributed by atoms with Crippen molar-refractivity contribution in [2.75, 3.05) is 14.2 Å². The minimum absolute atomic E-state index is 0.254. The van der Waals surface area contributed by atoms with Crippen LogP contribution in [0.2, 0.25) is 0 Å². The summed E-state index contributed by atoms with van der Waals surface area (Å²) >= 11 is 0. The van der Waals surface area contributed by atoms with Crippen LogP contribution in [0.4, 0.5) is 0 Å². The number of terminal acetylenes is 1. The first-order valence-electron chi connectivity index (χ1n) is 24.0. The average molecular weight is 853 g/mol. The van der Waals surface area contributed by atoms with Gasteiger partial charge >= 0.3 is 0 Å². The van der Waals surface area contributed by atoms with Crippen molar-refractivity contribution >= 4 is 26.5 Å². The Morgan fingerprint density at radius 2 is 0.881 bits per heavy atom. The van der Waals surface area contributed by atoms with Gasteiger partial charge in [-0.3, -0.25) is 0 Å². The lowest BCUT2D eigenvalue weighted by Crippen LogP contribution is -2.40. The number of unbranched alkanes of at least 4 members (excludes halogenated alkanes) is 6. The van der Waals surface area contributed by atoms with Gasteiger partial charge in [-0.15, -0.1) is 12.8 Å². The van der Waals surface area contributed by atoms with E-state index in [1.807, 2.05) is 0 Å². The Morgan fingerprint density at radius 1 is 0.559 bits per heavy atom. The van der Waals surface area contributed by atoms with Crippen LogP contribution in [-0.4, -0.2) is 35.8 Å². The molecule has 3 rings (SSSR count). The van der Waals surface area contributed by atoms with Crippen LogP contribution in [0.1, 0.15) is 214 Å². The molecule has 2 nitrogen and oxygen atoms in total. The van der Waals surface area contributed by atoms with E-state index < -0.39 is 7.92 Å². The molecule has 0 radical (unpaired) electrons. The highest BCUT2D eigenvalue weighted by atomic mass is 31.1. The molecule has 2 aromatic rings. The van der Waals surface area contributed by atoms with E-state index >= 15 is 0 Å². The molecular formula is C55H98O2P2. The lowest BCUT2D eigenvalue weighted by Gasteiger charge is -2.50. The minimum Gasteiger partial charge on any atom is -0.496 e. The molecule has 0 N–H and O–H groups in total. The molecule has 2 aromatic carbocycles.